The fraction of sp³-hybridized carbons (Fsp3) is 0. The lowest BCUT2D eigenvalue weighted by molar-refractivity contribution is -0.385. The van der Waals surface area contributed by atoms with Crippen molar-refractivity contribution in [3.8, 4) is 11.6 Å². The first kappa shape index (κ1) is 20.2. The molecule has 3 aromatic rings. The summed E-state index contributed by atoms with van der Waals surface area (Å²) in [6, 6.07) is 14.0. The van der Waals surface area contributed by atoms with Gasteiger partial charge in [-0.05, 0) is 48.0 Å². The zero-order valence-electron chi connectivity index (χ0n) is 14.6. The molecule has 0 spiro atoms. The Morgan fingerprint density at radius 1 is 1.10 bits per heavy atom. The van der Waals surface area contributed by atoms with E-state index in [9.17, 15) is 14.9 Å². The van der Waals surface area contributed by atoms with Gasteiger partial charge in [0.05, 0.1) is 21.2 Å². The van der Waals surface area contributed by atoms with E-state index in [1.807, 2.05) is 0 Å². The van der Waals surface area contributed by atoms with Crippen LogP contribution in [0.5, 0.6) is 11.6 Å². The molecular formula is C19H12Cl2N4O4. The highest BCUT2D eigenvalue weighted by Gasteiger charge is 2.08. The minimum Gasteiger partial charge on any atom is -0.439 e. The van der Waals surface area contributed by atoms with E-state index >= 15 is 0 Å². The minimum absolute atomic E-state index is 0.119. The van der Waals surface area contributed by atoms with E-state index in [0.717, 1.165) is 6.20 Å². The van der Waals surface area contributed by atoms with E-state index in [4.69, 9.17) is 27.9 Å². The molecule has 0 aliphatic heterocycles. The molecule has 0 bridgehead atoms. The van der Waals surface area contributed by atoms with Gasteiger partial charge in [0.15, 0.2) is 0 Å². The Morgan fingerprint density at radius 2 is 1.86 bits per heavy atom. The third-order valence-electron chi connectivity index (χ3n) is 3.60. The molecule has 1 amide bonds. The Balaban J connectivity index is 1.57. The molecule has 1 heterocycles. The van der Waals surface area contributed by atoms with E-state index in [-0.39, 0.29) is 16.6 Å². The van der Waals surface area contributed by atoms with Crippen molar-refractivity contribution in [2.24, 2.45) is 5.10 Å². The lowest BCUT2D eigenvalue weighted by atomic mass is 10.2. The van der Waals surface area contributed by atoms with Crippen molar-refractivity contribution >= 4 is 41.0 Å². The third kappa shape index (κ3) is 5.50. The van der Waals surface area contributed by atoms with Crippen LogP contribution in [0.3, 0.4) is 0 Å². The molecule has 0 fully saturated rings. The molecule has 0 aliphatic rings. The van der Waals surface area contributed by atoms with Crippen molar-refractivity contribution in [2.45, 2.75) is 0 Å². The number of carbonyl (C=O) groups is 1. The maximum atomic E-state index is 12.0. The SMILES string of the molecule is O=C(N/N=C/c1ccc(Oc2ccc([N+](=O)[O-])cn2)cc1)c1ccc(Cl)c(Cl)c1. The predicted molar refractivity (Wildman–Crippen MR) is 109 cm³/mol. The van der Waals surface area contributed by atoms with E-state index in [2.05, 4.69) is 15.5 Å². The monoisotopic (exact) mass is 430 g/mol. The van der Waals surface area contributed by atoms with E-state index < -0.39 is 10.8 Å². The molecule has 0 unspecified atom stereocenters. The molecule has 1 N–H and O–H groups in total. The van der Waals surface area contributed by atoms with Crippen LogP contribution < -0.4 is 10.2 Å². The number of amides is 1. The topological polar surface area (TPSA) is 107 Å². The molecule has 2 aromatic carbocycles. The second-order valence-corrected chi connectivity index (χ2v) is 6.43. The number of pyridine rings is 1. The predicted octanol–water partition coefficient (Wildman–Crippen LogP) is 4.85. The molecule has 146 valence electrons. The van der Waals surface area contributed by atoms with Crippen LogP contribution in [0.1, 0.15) is 15.9 Å². The summed E-state index contributed by atoms with van der Waals surface area (Å²) in [4.78, 5) is 26.0. The zero-order chi connectivity index (χ0) is 20.8. The third-order valence-corrected chi connectivity index (χ3v) is 4.33. The number of hydrazone groups is 1. The number of carbonyl (C=O) groups excluding carboxylic acids is 1. The molecule has 0 saturated carbocycles. The number of nitrogens with one attached hydrogen (secondary N) is 1. The zero-order valence-corrected chi connectivity index (χ0v) is 16.1. The van der Waals surface area contributed by atoms with E-state index in [0.29, 0.717) is 21.9 Å². The van der Waals surface area contributed by atoms with Crippen molar-refractivity contribution in [2.75, 3.05) is 0 Å². The smallest absolute Gasteiger partial charge is 0.287 e. The highest BCUT2D eigenvalue weighted by Crippen LogP contribution is 2.23. The molecule has 10 heteroatoms. The van der Waals surface area contributed by atoms with Crippen LogP contribution in [-0.4, -0.2) is 22.0 Å². The number of hydrogen-bond acceptors (Lipinski definition) is 6. The summed E-state index contributed by atoms with van der Waals surface area (Å²) < 4.78 is 5.52. The van der Waals surface area contributed by atoms with Crippen LogP contribution in [-0.2, 0) is 0 Å². The van der Waals surface area contributed by atoms with Gasteiger partial charge in [-0.1, -0.05) is 23.2 Å². The van der Waals surface area contributed by atoms with Crippen molar-refractivity contribution in [1.29, 1.82) is 0 Å². The Morgan fingerprint density at radius 3 is 2.48 bits per heavy atom. The molecular weight excluding hydrogens is 419 g/mol. The Bertz CT molecular complexity index is 1070. The average molecular weight is 431 g/mol. The fourth-order valence-electron chi connectivity index (χ4n) is 2.15. The van der Waals surface area contributed by atoms with Crippen LogP contribution in [0.4, 0.5) is 5.69 Å². The average Bonchev–Trinajstić information content (AvgIpc) is 2.71. The normalized spacial score (nSPS) is 10.7. The van der Waals surface area contributed by atoms with E-state index in [1.165, 1.54) is 36.5 Å². The van der Waals surface area contributed by atoms with Gasteiger partial charge in [-0.15, -0.1) is 0 Å². The van der Waals surface area contributed by atoms with Gasteiger partial charge in [-0.25, -0.2) is 10.4 Å². The van der Waals surface area contributed by atoms with Crippen LogP contribution >= 0.6 is 23.2 Å². The van der Waals surface area contributed by atoms with Crippen molar-refractivity contribution < 1.29 is 14.5 Å². The first-order valence-corrected chi connectivity index (χ1v) is 8.85. The lowest BCUT2D eigenvalue weighted by Crippen LogP contribution is -2.17. The first-order valence-electron chi connectivity index (χ1n) is 8.09. The largest absolute Gasteiger partial charge is 0.439 e. The van der Waals surface area contributed by atoms with E-state index in [1.54, 1.807) is 24.3 Å². The van der Waals surface area contributed by atoms with Crippen LogP contribution in [0.15, 0.2) is 65.9 Å². The first-order chi connectivity index (χ1) is 13.9. The molecule has 0 atom stereocenters. The number of nitrogens with zero attached hydrogens (tertiary/aromatic N) is 3. The van der Waals surface area contributed by atoms with Gasteiger partial charge in [-0.2, -0.15) is 5.10 Å². The van der Waals surface area contributed by atoms with Crippen LogP contribution in [0.25, 0.3) is 0 Å². The molecule has 0 aliphatic carbocycles. The van der Waals surface area contributed by atoms with Crippen LogP contribution in [0, 0.1) is 10.1 Å². The second-order valence-electron chi connectivity index (χ2n) is 5.61. The summed E-state index contributed by atoms with van der Waals surface area (Å²) in [7, 11) is 0. The number of ether oxygens (including phenoxy) is 1. The summed E-state index contributed by atoms with van der Waals surface area (Å²) in [6.07, 6.45) is 2.58. The van der Waals surface area contributed by atoms with Gasteiger partial charge in [0.1, 0.15) is 11.9 Å². The van der Waals surface area contributed by atoms with Crippen molar-refractivity contribution in [1.82, 2.24) is 10.4 Å². The maximum absolute atomic E-state index is 12.0. The fourth-order valence-corrected chi connectivity index (χ4v) is 2.45. The van der Waals surface area contributed by atoms with Crippen LogP contribution in [0.2, 0.25) is 10.0 Å². The summed E-state index contributed by atoms with van der Waals surface area (Å²) in [5, 5.41) is 15.2. The van der Waals surface area contributed by atoms with Gasteiger partial charge in [0, 0.05) is 17.7 Å². The molecule has 3 rings (SSSR count). The van der Waals surface area contributed by atoms with Gasteiger partial charge in [0.2, 0.25) is 5.88 Å². The number of halogens is 2. The van der Waals surface area contributed by atoms with Gasteiger partial charge >= 0.3 is 0 Å². The van der Waals surface area contributed by atoms with Crippen molar-refractivity contribution in [3.05, 3.63) is 92.1 Å². The van der Waals surface area contributed by atoms with Gasteiger partial charge in [-0.3, -0.25) is 14.9 Å². The molecule has 0 saturated heterocycles. The number of aromatic nitrogens is 1. The summed E-state index contributed by atoms with van der Waals surface area (Å²) in [6.45, 7) is 0. The number of rotatable bonds is 6. The number of nitro groups is 1. The second kappa shape index (κ2) is 9.13. The van der Waals surface area contributed by atoms with Crippen molar-refractivity contribution in [3.63, 3.8) is 0 Å². The summed E-state index contributed by atoms with van der Waals surface area (Å²) in [5.74, 6) is 0.290. The molecule has 0 radical (unpaired) electrons. The molecule has 8 nitrogen and oxygen atoms in total. The highest BCUT2D eigenvalue weighted by molar-refractivity contribution is 6.42. The Labute approximate surface area is 174 Å². The minimum atomic E-state index is -0.536. The van der Waals surface area contributed by atoms with Gasteiger partial charge in [0.25, 0.3) is 11.6 Å². The molecule has 29 heavy (non-hydrogen) atoms. The lowest BCUT2D eigenvalue weighted by Gasteiger charge is -2.04. The quantitative estimate of drug-likeness (QED) is 0.341. The summed E-state index contributed by atoms with van der Waals surface area (Å²) >= 11 is 11.7. The summed E-state index contributed by atoms with van der Waals surface area (Å²) in [5.41, 5.74) is 3.32. The Kier molecular flexibility index (Phi) is 6.38. The number of benzene rings is 2. The Hall–Kier alpha value is -3.49. The molecule has 1 aromatic heterocycles. The standard InChI is InChI=1S/C19H12Cl2N4O4/c20-16-7-3-13(9-17(16)21)19(26)24-23-10-12-1-5-15(6-2-12)29-18-8-4-14(11-22-18)25(27)28/h1-11H,(H,24,26)/b23-10+. The maximum Gasteiger partial charge on any atom is 0.287 e. The number of hydrogen-bond donors (Lipinski definition) is 1. The highest BCUT2D eigenvalue weighted by atomic mass is 35.5. The van der Waals surface area contributed by atoms with Gasteiger partial charge < -0.3 is 4.74 Å².